The van der Waals surface area contributed by atoms with Gasteiger partial charge in [-0.2, -0.15) is 0 Å². The number of carbonyl (C=O) groups excluding carboxylic acids is 1. The van der Waals surface area contributed by atoms with Crippen LogP contribution in [0, 0.1) is 6.92 Å². The molecule has 0 saturated carbocycles. The van der Waals surface area contributed by atoms with Crippen LogP contribution in [0.5, 0.6) is 5.75 Å². The summed E-state index contributed by atoms with van der Waals surface area (Å²) in [4.78, 5) is 11.3. The van der Waals surface area contributed by atoms with Gasteiger partial charge in [-0.1, -0.05) is 32.9 Å². The molecule has 0 aromatic heterocycles. The summed E-state index contributed by atoms with van der Waals surface area (Å²) in [6.45, 7) is 9.13. The van der Waals surface area contributed by atoms with Crippen molar-refractivity contribution in [3.63, 3.8) is 0 Å². The van der Waals surface area contributed by atoms with Gasteiger partial charge in [-0.3, -0.25) is 4.79 Å². The molecule has 106 valence electrons. The minimum absolute atomic E-state index is 0.256. The first kappa shape index (κ1) is 15.5. The van der Waals surface area contributed by atoms with Gasteiger partial charge in [0.2, 0.25) is 5.91 Å². The van der Waals surface area contributed by atoms with Crippen molar-refractivity contribution in [3.8, 4) is 5.75 Å². The SMILES string of the molecule is CCNC(COc1cc(C)ccc1C(C)C)C(N)=O. The van der Waals surface area contributed by atoms with Gasteiger partial charge in [0.15, 0.2) is 0 Å². The lowest BCUT2D eigenvalue weighted by Crippen LogP contribution is -2.45. The number of nitrogens with two attached hydrogens (primary N) is 1. The first-order valence-corrected chi connectivity index (χ1v) is 6.71. The molecule has 0 heterocycles. The van der Waals surface area contributed by atoms with Gasteiger partial charge in [-0.15, -0.1) is 0 Å². The van der Waals surface area contributed by atoms with E-state index in [9.17, 15) is 4.79 Å². The van der Waals surface area contributed by atoms with Gasteiger partial charge < -0.3 is 15.8 Å². The Labute approximate surface area is 115 Å². The minimum atomic E-state index is -0.453. The fourth-order valence-corrected chi connectivity index (χ4v) is 1.90. The molecule has 0 spiro atoms. The second-order valence-electron chi connectivity index (χ2n) is 5.02. The van der Waals surface area contributed by atoms with Crippen LogP contribution >= 0.6 is 0 Å². The van der Waals surface area contributed by atoms with Gasteiger partial charge in [0.25, 0.3) is 0 Å². The average molecular weight is 264 g/mol. The van der Waals surface area contributed by atoms with Crippen molar-refractivity contribution in [2.24, 2.45) is 5.73 Å². The summed E-state index contributed by atoms with van der Waals surface area (Å²) in [5.74, 6) is 0.821. The van der Waals surface area contributed by atoms with Gasteiger partial charge in [0.05, 0.1) is 0 Å². The highest BCUT2D eigenvalue weighted by Crippen LogP contribution is 2.27. The zero-order valence-electron chi connectivity index (χ0n) is 12.2. The van der Waals surface area contributed by atoms with E-state index in [4.69, 9.17) is 10.5 Å². The zero-order valence-corrected chi connectivity index (χ0v) is 12.2. The fourth-order valence-electron chi connectivity index (χ4n) is 1.90. The first-order valence-electron chi connectivity index (χ1n) is 6.71. The van der Waals surface area contributed by atoms with Crippen LogP contribution in [0.1, 0.15) is 37.8 Å². The Hall–Kier alpha value is -1.55. The third-order valence-electron chi connectivity index (χ3n) is 2.99. The second-order valence-corrected chi connectivity index (χ2v) is 5.02. The number of hydrogen-bond donors (Lipinski definition) is 2. The van der Waals surface area contributed by atoms with Crippen LogP contribution in [0.25, 0.3) is 0 Å². The van der Waals surface area contributed by atoms with Crippen LogP contribution in [0.3, 0.4) is 0 Å². The second kappa shape index (κ2) is 7.14. The van der Waals surface area contributed by atoms with Crippen molar-refractivity contribution in [3.05, 3.63) is 29.3 Å². The highest BCUT2D eigenvalue weighted by Gasteiger charge is 2.16. The van der Waals surface area contributed by atoms with Crippen molar-refractivity contribution in [2.45, 2.75) is 39.7 Å². The van der Waals surface area contributed by atoms with Crippen molar-refractivity contribution < 1.29 is 9.53 Å². The summed E-state index contributed by atoms with van der Waals surface area (Å²) in [6, 6.07) is 5.68. The maximum absolute atomic E-state index is 11.3. The lowest BCUT2D eigenvalue weighted by molar-refractivity contribution is -0.120. The summed E-state index contributed by atoms with van der Waals surface area (Å²) in [5, 5.41) is 3.02. The van der Waals surface area contributed by atoms with Gasteiger partial charge in [0, 0.05) is 0 Å². The number of primary amides is 1. The number of rotatable bonds is 7. The van der Waals surface area contributed by atoms with Crippen molar-refractivity contribution in [2.75, 3.05) is 13.2 Å². The molecule has 1 aromatic carbocycles. The topological polar surface area (TPSA) is 64.3 Å². The number of likely N-dealkylation sites (N-methyl/N-ethyl adjacent to an activating group) is 1. The van der Waals surface area contributed by atoms with Crippen LogP contribution in [0.15, 0.2) is 18.2 Å². The number of aryl methyl sites for hydroxylation is 1. The quantitative estimate of drug-likeness (QED) is 0.791. The van der Waals surface area contributed by atoms with Crippen molar-refractivity contribution >= 4 is 5.91 Å². The predicted octanol–water partition coefficient (Wildman–Crippen LogP) is 1.96. The third-order valence-corrected chi connectivity index (χ3v) is 2.99. The Morgan fingerprint density at radius 3 is 2.63 bits per heavy atom. The van der Waals surface area contributed by atoms with Gasteiger partial charge in [-0.25, -0.2) is 0 Å². The molecule has 0 aliphatic carbocycles. The molecule has 1 unspecified atom stereocenters. The maximum Gasteiger partial charge on any atom is 0.238 e. The van der Waals surface area contributed by atoms with E-state index in [0.717, 1.165) is 16.9 Å². The molecular weight excluding hydrogens is 240 g/mol. The van der Waals surface area contributed by atoms with E-state index in [1.54, 1.807) is 0 Å². The molecule has 0 radical (unpaired) electrons. The summed E-state index contributed by atoms with van der Waals surface area (Å²) in [6.07, 6.45) is 0. The van der Waals surface area contributed by atoms with E-state index < -0.39 is 6.04 Å². The summed E-state index contributed by atoms with van der Waals surface area (Å²) in [5.41, 5.74) is 7.61. The normalized spacial score (nSPS) is 12.5. The Bertz CT molecular complexity index is 430. The number of amides is 1. The molecule has 19 heavy (non-hydrogen) atoms. The Morgan fingerprint density at radius 1 is 1.42 bits per heavy atom. The van der Waals surface area contributed by atoms with E-state index >= 15 is 0 Å². The van der Waals surface area contributed by atoms with Crippen molar-refractivity contribution in [1.82, 2.24) is 5.32 Å². The van der Waals surface area contributed by atoms with Crippen LogP contribution in [0.2, 0.25) is 0 Å². The summed E-state index contributed by atoms with van der Waals surface area (Å²) < 4.78 is 5.79. The highest BCUT2D eigenvalue weighted by molar-refractivity contribution is 5.80. The largest absolute Gasteiger partial charge is 0.491 e. The third kappa shape index (κ3) is 4.56. The van der Waals surface area contributed by atoms with Gasteiger partial charge in [0.1, 0.15) is 18.4 Å². The number of ether oxygens (including phenoxy) is 1. The predicted molar refractivity (Wildman–Crippen MR) is 77.4 cm³/mol. The number of benzene rings is 1. The molecule has 3 N–H and O–H groups in total. The lowest BCUT2D eigenvalue weighted by Gasteiger charge is -2.18. The van der Waals surface area contributed by atoms with Crippen molar-refractivity contribution in [1.29, 1.82) is 0 Å². The average Bonchev–Trinajstić information content (AvgIpc) is 2.33. The van der Waals surface area contributed by atoms with E-state index in [0.29, 0.717) is 12.5 Å². The molecule has 1 rings (SSSR count). The molecule has 1 aromatic rings. The molecule has 1 amide bonds. The maximum atomic E-state index is 11.3. The molecule has 0 aliphatic rings. The lowest BCUT2D eigenvalue weighted by atomic mass is 10.0. The Kier molecular flexibility index (Phi) is 5.83. The van der Waals surface area contributed by atoms with Crippen LogP contribution in [-0.4, -0.2) is 25.1 Å². The zero-order chi connectivity index (χ0) is 14.4. The van der Waals surface area contributed by atoms with Crippen LogP contribution < -0.4 is 15.8 Å². The van der Waals surface area contributed by atoms with E-state index in [1.807, 2.05) is 19.9 Å². The molecule has 4 nitrogen and oxygen atoms in total. The van der Waals surface area contributed by atoms with E-state index in [1.165, 1.54) is 0 Å². The van der Waals surface area contributed by atoms with Crippen LogP contribution in [0.4, 0.5) is 0 Å². The Balaban J connectivity index is 2.80. The molecule has 1 atom stereocenters. The molecule has 4 heteroatoms. The van der Waals surface area contributed by atoms with Crippen LogP contribution in [-0.2, 0) is 4.79 Å². The molecule has 0 fully saturated rings. The Morgan fingerprint density at radius 2 is 2.11 bits per heavy atom. The first-order chi connectivity index (χ1) is 8.95. The number of nitrogens with one attached hydrogen (secondary N) is 1. The monoisotopic (exact) mass is 264 g/mol. The molecule has 0 bridgehead atoms. The molecular formula is C15H24N2O2. The summed E-state index contributed by atoms with van der Waals surface area (Å²) >= 11 is 0. The number of hydrogen-bond acceptors (Lipinski definition) is 3. The smallest absolute Gasteiger partial charge is 0.238 e. The minimum Gasteiger partial charge on any atom is -0.491 e. The fraction of sp³-hybridized carbons (Fsp3) is 0.533. The summed E-state index contributed by atoms with van der Waals surface area (Å²) in [7, 11) is 0. The number of carbonyl (C=O) groups is 1. The van der Waals surface area contributed by atoms with Gasteiger partial charge in [-0.05, 0) is 36.6 Å². The van der Waals surface area contributed by atoms with E-state index in [2.05, 4.69) is 31.3 Å². The molecule has 0 aliphatic heterocycles. The molecule has 0 saturated heterocycles. The highest BCUT2D eigenvalue weighted by atomic mass is 16.5. The standard InChI is InChI=1S/C15H24N2O2/c1-5-17-13(15(16)18)9-19-14-8-11(4)6-7-12(14)10(2)3/h6-8,10,13,17H,5,9H2,1-4H3,(H2,16,18). The van der Waals surface area contributed by atoms with Gasteiger partial charge >= 0.3 is 0 Å². The van der Waals surface area contributed by atoms with E-state index in [-0.39, 0.29) is 12.5 Å².